The summed E-state index contributed by atoms with van der Waals surface area (Å²) < 4.78 is 5.34. The molecule has 0 bridgehead atoms. The van der Waals surface area contributed by atoms with Crippen LogP contribution in [0, 0.1) is 0 Å². The third-order valence-electron chi connectivity index (χ3n) is 4.27. The van der Waals surface area contributed by atoms with Crippen LogP contribution in [-0.2, 0) is 25.8 Å². The Morgan fingerprint density at radius 1 is 1.19 bits per heavy atom. The van der Waals surface area contributed by atoms with E-state index in [2.05, 4.69) is 42.6 Å². The molecule has 0 amide bonds. The van der Waals surface area contributed by atoms with E-state index in [1.807, 2.05) is 11.3 Å². The van der Waals surface area contributed by atoms with Gasteiger partial charge in [-0.3, -0.25) is 0 Å². The fraction of sp³-hybridized carbons (Fsp3) is 0.444. The van der Waals surface area contributed by atoms with Crippen molar-refractivity contribution in [3.05, 3.63) is 51.2 Å². The minimum absolute atomic E-state index is 0.580. The molecule has 1 atom stereocenters. The molecule has 21 heavy (non-hydrogen) atoms. The van der Waals surface area contributed by atoms with E-state index in [-0.39, 0.29) is 0 Å². The molecule has 0 radical (unpaired) electrons. The Kier molecular flexibility index (Phi) is 4.61. The van der Waals surface area contributed by atoms with Gasteiger partial charge in [0.25, 0.3) is 0 Å². The van der Waals surface area contributed by atoms with Crippen LogP contribution in [0.25, 0.3) is 0 Å². The minimum Gasteiger partial charge on any atom is -0.497 e. The number of hydrogen-bond donors (Lipinski definition) is 1. The van der Waals surface area contributed by atoms with E-state index in [0.717, 1.165) is 25.1 Å². The van der Waals surface area contributed by atoms with Crippen molar-refractivity contribution in [3.63, 3.8) is 0 Å². The molecule has 1 unspecified atom stereocenters. The Bertz CT molecular complexity index is 605. The minimum atomic E-state index is 0.580. The quantitative estimate of drug-likeness (QED) is 0.902. The molecule has 3 rings (SSSR count). The van der Waals surface area contributed by atoms with E-state index in [4.69, 9.17) is 4.74 Å². The molecule has 0 saturated carbocycles. The molecule has 0 spiro atoms. The Morgan fingerprint density at radius 3 is 2.81 bits per heavy atom. The van der Waals surface area contributed by atoms with Crippen LogP contribution in [0.2, 0.25) is 0 Å². The number of benzene rings is 1. The summed E-state index contributed by atoms with van der Waals surface area (Å²) in [6, 6.07) is 11.6. The molecule has 1 aliphatic carbocycles. The fourth-order valence-electron chi connectivity index (χ4n) is 2.99. The number of ether oxygens (including phenoxy) is 1. The van der Waals surface area contributed by atoms with Gasteiger partial charge in [-0.25, -0.2) is 0 Å². The lowest BCUT2D eigenvalue weighted by Crippen LogP contribution is -2.33. The summed E-state index contributed by atoms with van der Waals surface area (Å²) in [7, 11) is 1.74. The third kappa shape index (κ3) is 3.47. The van der Waals surface area contributed by atoms with Crippen molar-refractivity contribution < 1.29 is 4.74 Å². The molecule has 1 N–H and O–H groups in total. The Hall–Kier alpha value is -1.32. The van der Waals surface area contributed by atoms with Gasteiger partial charge < -0.3 is 10.1 Å². The van der Waals surface area contributed by atoms with Crippen LogP contribution in [0.1, 0.15) is 34.2 Å². The molecule has 0 aliphatic heterocycles. The summed E-state index contributed by atoms with van der Waals surface area (Å²) in [6.45, 7) is 3.21. The number of aryl methyl sites for hydroxylation is 2. The second-order valence-corrected chi connectivity index (χ2v) is 6.93. The number of thiophene rings is 1. The zero-order valence-electron chi connectivity index (χ0n) is 12.8. The highest BCUT2D eigenvalue weighted by Crippen LogP contribution is 2.26. The zero-order chi connectivity index (χ0) is 14.7. The number of rotatable bonds is 5. The SMILES string of the molecule is CCc1ccc(CNC2CCc3ccc(OC)cc3C2)s1. The van der Waals surface area contributed by atoms with Crippen molar-refractivity contribution in [2.75, 3.05) is 7.11 Å². The van der Waals surface area contributed by atoms with Crippen molar-refractivity contribution >= 4 is 11.3 Å². The van der Waals surface area contributed by atoms with Gasteiger partial charge in [0.05, 0.1) is 7.11 Å². The molecule has 0 fully saturated rings. The first-order chi connectivity index (χ1) is 10.3. The van der Waals surface area contributed by atoms with Crippen molar-refractivity contribution in [3.8, 4) is 5.75 Å². The molecule has 1 aliphatic rings. The van der Waals surface area contributed by atoms with Crippen LogP contribution in [0.3, 0.4) is 0 Å². The molecule has 2 aromatic rings. The van der Waals surface area contributed by atoms with E-state index >= 15 is 0 Å². The van der Waals surface area contributed by atoms with Crippen molar-refractivity contribution in [2.24, 2.45) is 0 Å². The first-order valence-corrected chi connectivity index (χ1v) is 8.57. The predicted octanol–water partition coefficient (Wildman–Crippen LogP) is 3.97. The van der Waals surface area contributed by atoms with Crippen molar-refractivity contribution in [1.29, 1.82) is 0 Å². The van der Waals surface area contributed by atoms with E-state index in [1.165, 1.54) is 33.7 Å². The van der Waals surface area contributed by atoms with Crippen LogP contribution in [0.5, 0.6) is 5.75 Å². The van der Waals surface area contributed by atoms with Gasteiger partial charge >= 0.3 is 0 Å². The monoisotopic (exact) mass is 301 g/mol. The third-order valence-corrected chi connectivity index (χ3v) is 5.50. The standard InChI is InChI=1S/C18H23NOS/c1-3-17-8-9-18(21-17)12-19-15-6-4-13-5-7-16(20-2)11-14(13)10-15/h5,7-9,11,15,19H,3-4,6,10,12H2,1-2H3. The highest BCUT2D eigenvalue weighted by Gasteiger charge is 2.18. The van der Waals surface area contributed by atoms with E-state index in [9.17, 15) is 0 Å². The average Bonchev–Trinajstić information content (AvgIpc) is 3.00. The molecule has 112 valence electrons. The molecule has 3 heteroatoms. The maximum Gasteiger partial charge on any atom is 0.119 e. The van der Waals surface area contributed by atoms with E-state index in [0.29, 0.717) is 6.04 Å². The largest absolute Gasteiger partial charge is 0.497 e. The smallest absolute Gasteiger partial charge is 0.119 e. The summed E-state index contributed by atoms with van der Waals surface area (Å²) in [5.41, 5.74) is 2.93. The molecule has 1 aromatic carbocycles. The summed E-state index contributed by atoms with van der Waals surface area (Å²) in [6.07, 6.45) is 4.65. The van der Waals surface area contributed by atoms with Crippen LogP contribution in [-0.4, -0.2) is 13.2 Å². The molecule has 2 nitrogen and oxygen atoms in total. The zero-order valence-corrected chi connectivity index (χ0v) is 13.6. The Balaban J connectivity index is 1.60. The second kappa shape index (κ2) is 6.63. The highest BCUT2D eigenvalue weighted by atomic mass is 32.1. The van der Waals surface area contributed by atoms with Gasteiger partial charge in [-0.15, -0.1) is 11.3 Å². The first-order valence-electron chi connectivity index (χ1n) is 7.75. The fourth-order valence-corrected chi connectivity index (χ4v) is 3.90. The van der Waals surface area contributed by atoms with E-state index < -0.39 is 0 Å². The van der Waals surface area contributed by atoms with Crippen LogP contribution < -0.4 is 10.1 Å². The number of methoxy groups -OCH3 is 1. The summed E-state index contributed by atoms with van der Waals surface area (Å²) in [5.74, 6) is 0.972. The predicted molar refractivity (Wildman–Crippen MR) is 89.3 cm³/mol. The Morgan fingerprint density at radius 2 is 2.05 bits per heavy atom. The van der Waals surface area contributed by atoms with E-state index in [1.54, 1.807) is 7.11 Å². The van der Waals surface area contributed by atoms with Gasteiger partial charge in [-0.1, -0.05) is 13.0 Å². The number of hydrogen-bond acceptors (Lipinski definition) is 3. The molecule has 1 aromatic heterocycles. The highest BCUT2D eigenvalue weighted by molar-refractivity contribution is 7.11. The summed E-state index contributed by atoms with van der Waals surface area (Å²) >= 11 is 1.93. The lowest BCUT2D eigenvalue weighted by molar-refractivity contribution is 0.411. The first kappa shape index (κ1) is 14.6. The lowest BCUT2D eigenvalue weighted by atomic mass is 9.88. The van der Waals surface area contributed by atoms with Crippen LogP contribution in [0.15, 0.2) is 30.3 Å². The lowest BCUT2D eigenvalue weighted by Gasteiger charge is -2.25. The topological polar surface area (TPSA) is 21.3 Å². The maximum absolute atomic E-state index is 5.34. The Labute approximate surface area is 131 Å². The van der Waals surface area contributed by atoms with Gasteiger partial charge in [0.15, 0.2) is 0 Å². The van der Waals surface area contributed by atoms with Crippen molar-refractivity contribution in [1.82, 2.24) is 5.32 Å². The second-order valence-electron chi connectivity index (χ2n) is 5.68. The molecule has 1 heterocycles. The van der Waals surface area contributed by atoms with Gasteiger partial charge in [0.2, 0.25) is 0 Å². The molecular formula is C18H23NOS. The number of nitrogens with one attached hydrogen (secondary N) is 1. The normalized spacial score (nSPS) is 17.5. The number of fused-ring (bicyclic) bond motifs is 1. The molecule has 0 saturated heterocycles. The van der Waals surface area contributed by atoms with Gasteiger partial charge in [0, 0.05) is 22.3 Å². The summed E-state index contributed by atoms with van der Waals surface area (Å²) in [5, 5.41) is 3.72. The van der Waals surface area contributed by atoms with Gasteiger partial charge in [-0.2, -0.15) is 0 Å². The van der Waals surface area contributed by atoms with Crippen molar-refractivity contribution in [2.45, 2.75) is 45.2 Å². The maximum atomic E-state index is 5.34. The van der Waals surface area contributed by atoms with Gasteiger partial charge in [0.1, 0.15) is 5.75 Å². The summed E-state index contributed by atoms with van der Waals surface area (Å²) in [4.78, 5) is 2.92. The van der Waals surface area contributed by atoms with Crippen LogP contribution in [0.4, 0.5) is 0 Å². The van der Waals surface area contributed by atoms with Gasteiger partial charge in [-0.05, 0) is 61.1 Å². The van der Waals surface area contributed by atoms with Crippen LogP contribution >= 0.6 is 11.3 Å². The molecular weight excluding hydrogens is 278 g/mol. The average molecular weight is 301 g/mol.